The van der Waals surface area contributed by atoms with E-state index in [9.17, 15) is 4.39 Å². The zero-order valence-corrected chi connectivity index (χ0v) is 9.92. The van der Waals surface area contributed by atoms with Gasteiger partial charge in [0.25, 0.3) is 0 Å². The molecule has 16 heavy (non-hydrogen) atoms. The first kappa shape index (κ1) is 12.5. The van der Waals surface area contributed by atoms with Crippen LogP contribution in [0.1, 0.15) is 32.8 Å². The van der Waals surface area contributed by atoms with E-state index in [1.165, 1.54) is 12.1 Å². The number of hydrogen-bond donors (Lipinski definition) is 1. The molecule has 86 valence electrons. The van der Waals surface area contributed by atoms with Crippen molar-refractivity contribution in [2.45, 2.75) is 33.2 Å². The fourth-order valence-electron chi connectivity index (χ4n) is 1.65. The van der Waals surface area contributed by atoms with Crippen LogP contribution in [0.3, 0.4) is 0 Å². The Hall–Kier alpha value is -1.56. The van der Waals surface area contributed by atoms with Gasteiger partial charge in [0, 0.05) is 11.7 Å². The second-order valence-electron chi connectivity index (χ2n) is 4.21. The molecular formula is C13H17FN2. The normalized spacial score (nSPS) is 12.2. The molecule has 0 heterocycles. The van der Waals surface area contributed by atoms with Crippen LogP contribution in [0.2, 0.25) is 0 Å². The van der Waals surface area contributed by atoms with Gasteiger partial charge in [-0.2, -0.15) is 5.26 Å². The van der Waals surface area contributed by atoms with E-state index in [-0.39, 0.29) is 5.56 Å². The van der Waals surface area contributed by atoms with Gasteiger partial charge in [-0.15, -0.1) is 0 Å². The highest BCUT2D eigenvalue weighted by Gasteiger charge is 2.11. The lowest BCUT2D eigenvalue weighted by Gasteiger charge is -2.22. The van der Waals surface area contributed by atoms with E-state index >= 15 is 0 Å². The van der Waals surface area contributed by atoms with Crippen molar-refractivity contribution >= 4 is 5.69 Å². The highest BCUT2D eigenvalue weighted by Crippen LogP contribution is 2.18. The quantitative estimate of drug-likeness (QED) is 0.842. The third-order valence-corrected chi connectivity index (χ3v) is 2.69. The lowest BCUT2D eigenvalue weighted by Crippen LogP contribution is -2.24. The van der Waals surface area contributed by atoms with Crippen LogP contribution in [0.4, 0.5) is 10.1 Å². The maximum absolute atomic E-state index is 13.3. The summed E-state index contributed by atoms with van der Waals surface area (Å²) in [5, 5.41) is 11.9. The molecule has 3 heteroatoms. The van der Waals surface area contributed by atoms with Gasteiger partial charge in [-0.1, -0.05) is 20.8 Å². The molecule has 0 saturated carbocycles. The molecular weight excluding hydrogens is 203 g/mol. The Kier molecular flexibility index (Phi) is 4.30. The average molecular weight is 220 g/mol. The average Bonchev–Trinajstić information content (AvgIpc) is 2.25. The number of nitrogens with one attached hydrogen (secondary N) is 1. The first-order chi connectivity index (χ1) is 7.58. The lowest BCUT2D eigenvalue weighted by atomic mass is 10.0. The molecule has 0 aliphatic carbocycles. The van der Waals surface area contributed by atoms with E-state index in [0.717, 1.165) is 12.1 Å². The summed E-state index contributed by atoms with van der Waals surface area (Å²) in [6.45, 7) is 6.35. The van der Waals surface area contributed by atoms with Gasteiger partial charge >= 0.3 is 0 Å². The van der Waals surface area contributed by atoms with Crippen molar-refractivity contribution in [2.75, 3.05) is 5.32 Å². The highest BCUT2D eigenvalue weighted by molar-refractivity contribution is 5.48. The fourth-order valence-corrected chi connectivity index (χ4v) is 1.65. The standard InChI is InChI=1S/C13H17FN2/c1-4-13(9(2)3)16-11-6-5-10(8-15)12(14)7-11/h5-7,9,13,16H,4H2,1-3H3. The minimum atomic E-state index is -0.467. The van der Waals surface area contributed by atoms with Gasteiger partial charge in [-0.25, -0.2) is 4.39 Å². The van der Waals surface area contributed by atoms with Crippen molar-refractivity contribution in [3.63, 3.8) is 0 Å². The van der Waals surface area contributed by atoms with Crippen LogP contribution in [0.15, 0.2) is 18.2 Å². The van der Waals surface area contributed by atoms with E-state index in [1.54, 1.807) is 6.07 Å². The van der Waals surface area contributed by atoms with Crippen LogP contribution >= 0.6 is 0 Å². The van der Waals surface area contributed by atoms with Crippen molar-refractivity contribution < 1.29 is 4.39 Å². The molecule has 0 aliphatic rings. The minimum Gasteiger partial charge on any atom is -0.382 e. The summed E-state index contributed by atoms with van der Waals surface area (Å²) < 4.78 is 13.3. The molecule has 0 bridgehead atoms. The molecule has 0 aromatic heterocycles. The van der Waals surface area contributed by atoms with Gasteiger partial charge < -0.3 is 5.32 Å². The van der Waals surface area contributed by atoms with Gasteiger partial charge in [0.05, 0.1) is 5.56 Å². The predicted molar refractivity (Wildman–Crippen MR) is 63.7 cm³/mol. The summed E-state index contributed by atoms with van der Waals surface area (Å²) in [5.41, 5.74) is 0.820. The summed E-state index contributed by atoms with van der Waals surface area (Å²) >= 11 is 0. The zero-order valence-electron chi connectivity index (χ0n) is 9.92. The maximum atomic E-state index is 13.3. The Morgan fingerprint density at radius 1 is 1.44 bits per heavy atom. The number of nitrogens with zero attached hydrogens (tertiary/aromatic N) is 1. The Labute approximate surface area is 96.1 Å². The summed E-state index contributed by atoms with van der Waals surface area (Å²) in [4.78, 5) is 0. The Bertz CT molecular complexity index is 393. The summed E-state index contributed by atoms with van der Waals surface area (Å²) in [7, 11) is 0. The molecule has 2 nitrogen and oxygen atoms in total. The Morgan fingerprint density at radius 2 is 2.12 bits per heavy atom. The number of nitriles is 1. The van der Waals surface area contributed by atoms with Crippen LogP contribution in [-0.2, 0) is 0 Å². The first-order valence-corrected chi connectivity index (χ1v) is 5.54. The van der Waals surface area contributed by atoms with Gasteiger partial charge in [-0.3, -0.25) is 0 Å². The molecule has 1 aromatic rings. The van der Waals surface area contributed by atoms with E-state index in [0.29, 0.717) is 12.0 Å². The second kappa shape index (κ2) is 5.50. The van der Waals surface area contributed by atoms with Gasteiger partial charge in [0.2, 0.25) is 0 Å². The van der Waals surface area contributed by atoms with Crippen LogP contribution in [0.25, 0.3) is 0 Å². The van der Waals surface area contributed by atoms with E-state index in [1.807, 2.05) is 6.07 Å². The number of benzene rings is 1. The van der Waals surface area contributed by atoms with Crippen molar-refractivity contribution in [1.82, 2.24) is 0 Å². The van der Waals surface area contributed by atoms with E-state index in [2.05, 4.69) is 26.1 Å². The summed E-state index contributed by atoms with van der Waals surface area (Å²) in [6, 6.07) is 6.76. The topological polar surface area (TPSA) is 35.8 Å². The van der Waals surface area contributed by atoms with Crippen molar-refractivity contribution in [3.05, 3.63) is 29.6 Å². The third-order valence-electron chi connectivity index (χ3n) is 2.69. The van der Waals surface area contributed by atoms with Gasteiger partial charge in [-0.05, 0) is 30.5 Å². The summed E-state index contributed by atoms with van der Waals surface area (Å²) in [5.74, 6) is 0.0230. The van der Waals surface area contributed by atoms with Gasteiger partial charge in [0.1, 0.15) is 11.9 Å². The number of hydrogen-bond acceptors (Lipinski definition) is 2. The van der Waals surface area contributed by atoms with Crippen molar-refractivity contribution in [1.29, 1.82) is 5.26 Å². The minimum absolute atomic E-state index is 0.0862. The number of anilines is 1. The third kappa shape index (κ3) is 2.96. The lowest BCUT2D eigenvalue weighted by molar-refractivity contribution is 0.510. The largest absolute Gasteiger partial charge is 0.382 e. The Morgan fingerprint density at radius 3 is 2.56 bits per heavy atom. The molecule has 1 rings (SSSR count). The maximum Gasteiger partial charge on any atom is 0.143 e. The highest BCUT2D eigenvalue weighted by atomic mass is 19.1. The fraction of sp³-hybridized carbons (Fsp3) is 0.462. The molecule has 0 aliphatic heterocycles. The molecule has 1 unspecified atom stereocenters. The van der Waals surface area contributed by atoms with Crippen LogP contribution in [0.5, 0.6) is 0 Å². The molecule has 0 radical (unpaired) electrons. The van der Waals surface area contributed by atoms with Crippen LogP contribution in [-0.4, -0.2) is 6.04 Å². The van der Waals surface area contributed by atoms with Crippen LogP contribution < -0.4 is 5.32 Å². The molecule has 1 aromatic carbocycles. The second-order valence-corrected chi connectivity index (χ2v) is 4.21. The first-order valence-electron chi connectivity index (χ1n) is 5.54. The van der Waals surface area contributed by atoms with Crippen molar-refractivity contribution in [3.8, 4) is 6.07 Å². The zero-order chi connectivity index (χ0) is 12.1. The molecule has 0 spiro atoms. The van der Waals surface area contributed by atoms with Gasteiger partial charge in [0.15, 0.2) is 0 Å². The van der Waals surface area contributed by atoms with Crippen molar-refractivity contribution in [2.24, 2.45) is 5.92 Å². The molecule has 1 N–H and O–H groups in total. The molecule has 0 saturated heterocycles. The monoisotopic (exact) mass is 220 g/mol. The van der Waals surface area contributed by atoms with Crippen LogP contribution in [0, 0.1) is 23.1 Å². The SMILES string of the molecule is CCC(Nc1ccc(C#N)c(F)c1)C(C)C. The van der Waals surface area contributed by atoms with E-state index in [4.69, 9.17) is 5.26 Å². The number of halogens is 1. The molecule has 1 atom stereocenters. The Balaban J connectivity index is 2.83. The smallest absolute Gasteiger partial charge is 0.143 e. The molecule has 0 amide bonds. The summed E-state index contributed by atoms with van der Waals surface area (Å²) in [6.07, 6.45) is 0.985. The predicted octanol–water partition coefficient (Wildman–Crippen LogP) is 3.54. The number of rotatable bonds is 4. The van der Waals surface area contributed by atoms with E-state index < -0.39 is 5.82 Å². The molecule has 0 fully saturated rings.